The monoisotopic (exact) mass is 396 g/mol. The van der Waals surface area contributed by atoms with Crippen LogP contribution < -0.4 is 0 Å². The van der Waals surface area contributed by atoms with Crippen LogP contribution in [0.1, 0.15) is 28.2 Å². The van der Waals surface area contributed by atoms with E-state index in [-0.39, 0.29) is 0 Å². The number of benzene rings is 4. The van der Waals surface area contributed by atoms with Gasteiger partial charge in [0.05, 0.1) is 0 Å². The van der Waals surface area contributed by atoms with Crippen molar-refractivity contribution >= 4 is 34.3 Å². The fourth-order valence-electron chi connectivity index (χ4n) is 4.83. The van der Waals surface area contributed by atoms with E-state index >= 15 is 0 Å². The first-order valence-electron chi connectivity index (χ1n) is 9.83. The minimum Gasteiger partial charge on any atom is -0.123 e. The molecule has 4 aromatic rings. The molecule has 2 heteroatoms. The molecule has 6 rings (SSSR count). The van der Waals surface area contributed by atoms with Gasteiger partial charge in [-0.15, -0.1) is 23.5 Å². The summed E-state index contributed by atoms with van der Waals surface area (Å²) in [6, 6.07) is 27.1. The number of hydrogen-bond donors (Lipinski definition) is 0. The highest BCUT2D eigenvalue weighted by Gasteiger charge is 2.35. The summed E-state index contributed by atoms with van der Waals surface area (Å²) in [5, 5.41) is 2.87. The summed E-state index contributed by atoms with van der Waals surface area (Å²) >= 11 is 4.09. The lowest BCUT2D eigenvalue weighted by molar-refractivity contribution is 1.02. The average Bonchev–Trinajstić information content (AvgIpc) is 3.10. The maximum Gasteiger partial charge on any atom is 0.0358 e. The molecule has 0 bridgehead atoms. The molecule has 0 N–H and O–H groups in total. The van der Waals surface area contributed by atoms with Gasteiger partial charge in [0.2, 0.25) is 0 Å². The molecular formula is C26H20S2. The Morgan fingerprint density at radius 2 is 1.50 bits per heavy atom. The van der Waals surface area contributed by atoms with Crippen LogP contribution >= 0.6 is 23.5 Å². The molecule has 0 spiro atoms. The van der Waals surface area contributed by atoms with Gasteiger partial charge in [0.15, 0.2) is 0 Å². The van der Waals surface area contributed by atoms with Crippen LogP contribution in [0.5, 0.6) is 0 Å². The van der Waals surface area contributed by atoms with Crippen LogP contribution in [0.4, 0.5) is 0 Å². The summed E-state index contributed by atoms with van der Waals surface area (Å²) in [4.78, 5) is 3.00. The summed E-state index contributed by atoms with van der Waals surface area (Å²) in [6.45, 7) is 2.22. The third kappa shape index (κ3) is 2.34. The Morgan fingerprint density at radius 1 is 0.750 bits per heavy atom. The van der Waals surface area contributed by atoms with Crippen molar-refractivity contribution in [3.05, 3.63) is 95.1 Å². The second kappa shape index (κ2) is 6.43. The predicted octanol–water partition coefficient (Wildman–Crippen LogP) is 7.51. The number of rotatable bonds is 1. The minimum atomic E-state index is 0.314. The predicted molar refractivity (Wildman–Crippen MR) is 123 cm³/mol. The average molecular weight is 397 g/mol. The molecule has 0 aromatic heterocycles. The second-order valence-corrected chi connectivity index (χ2v) is 9.83. The molecule has 1 heterocycles. The van der Waals surface area contributed by atoms with E-state index in [4.69, 9.17) is 0 Å². The van der Waals surface area contributed by atoms with E-state index in [1.165, 1.54) is 65.4 Å². The quantitative estimate of drug-likeness (QED) is 0.287. The molecule has 1 aliphatic carbocycles. The first-order chi connectivity index (χ1) is 13.8. The third-order valence-electron chi connectivity index (χ3n) is 5.95. The van der Waals surface area contributed by atoms with Crippen LogP contribution in [0.2, 0.25) is 0 Å². The molecule has 4 aromatic carbocycles. The van der Waals surface area contributed by atoms with E-state index in [0.717, 1.165) is 0 Å². The van der Waals surface area contributed by atoms with Crippen LogP contribution in [0, 0.1) is 6.92 Å². The van der Waals surface area contributed by atoms with Crippen molar-refractivity contribution in [1.82, 2.24) is 0 Å². The Bertz CT molecular complexity index is 1220. The van der Waals surface area contributed by atoms with E-state index in [1.54, 1.807) is 0 Å². The van der Waals surface area contributed by atoms with Crippen LogP contribution in [0.3, 0.4) is 0 Å². The molecule has 28 heavy (non-hydrogen) atoms. The van der Waals surface area contributed by atoms with Gasteiger partial charge >= 0.3 is 0 Å². The molecule has 0 nitrogen and oxygen atoms in total. The number of thioether (sulfide) groups is 2. The van der Waals surface area contributed by atoms with E-state index in [9.17, 15) is 0 Å². The first-order valence-corrected chi connectivity index (χ1v) is 11.8. The molecule has 1 atom stereocenters. The number of fused-ring (bicyclic) bond motifs is 8. The SMILES string of the molecule is Cc1ccc2c3c(c4c(c2c1)C(c1ccccc1)c1ccccc1-4)SCCS3. The molecule has 0 fully saturated rings. The minimum absolute atomic E-state index is 0.314. The normalized spacial score (nSPS) is 17.2. The topological polar surface area (TPSA) is 0 Å². The molecule has 1 aliphatic heterocycles. The van der Waals surface area contributed by atoms with Gasteiger partial charge in [-0.1, -0.05) is 78.4 Å². The summed E-state index contributed by atoms with van der Waals surface area (Å²) in [5.74, 6) is 2.71. The molecule has 0 radical (unpaired) electrons. The lowest BCUT2D eigenvalue weighted by atomic mass is 9.86. The van der Waals surface area contributed by atoms with Gasteiger partial charge in [-0.25, -0.2) is 0 Å². The molecular weight excluding hydrogens is 376 g/mol. The Labute approximate surface area is 174 Å². The van der Waals surface area contributed by atoms with Gasteiger partial charge in [0.1, 0.15) is 0 Å². The zero-order chi connectivity index (χ0) is 18.7. The van der Waals surface area contributed by atoms with Crippen molar-refractivity contribution in [1.29, 1.82) is 0 Å². The maximum atomic E-state index is 2.41. The standard InChI is InChI=1S/C26H20S2/c1-16-11-12-20-21(15-16)23-22(17-7-3-2-4-8-17)18-9-5-6-10-19(18)24(23)26-25(20)27-13-14-28-26/h2-12,15,22H,13-14H2,1H3. The maximum absolute atomic E-state index is 2.41. The lowest BCUT2D eigenvalue weighted by Gasteiger charge is -2.24. The Morgan fingerprint density at radius 3 is 2.36 bits per heavy atom. The number of aryl methyl sites for hydroxylation is 1. The van der Waals surface area contributed by atoms with E-state index < -0.39 is 0 Å². The third-order valence-corrected chi connectivity index (χ3v) is 8.57. The molecule has 0 saturated carbocycles. The van der Waals surface area contributed by atoms with Gasteiger partial charge in [-0.05, 0) is 39.9 Å². The lowest BCUT2D eigenvalue weighted by Crippen LogP contribution is -2.03. The van der Waals surface area contributed by atoms with Crippen molar-refractivity contribution in [3.8, 4) is 11.1 Å². The van der Waals surface area contributed by atoms with Gasteiger partial charge < -0.3 is 0 Å². The van der Waals surface area contributed by atoms with Crippen LogP contribution in [0.25, 0.3) is 21.9 Å². The number of hydrogen-bond acceptors (Lipinski definition) is 2. The smallest absolute Gasteiger partial charge is 0.0358 e. The molecule has 136 valence electrons. The summed E-state index contributed by atoms with van der Waals surface area (Å²) in [6.07, 6.45) is 0. The summed E-state index contributed by atoms with van der Waals surface area (Å²) < 4.78 is 0. The fourth-order valence-corrected chi connectivity index (χ4v) is 7.43. The van der Waals surface area contributed by atoms with E-state index in [1.807, 2.05) is 11.8 Å². The van der Waals surface area contributed by atoms with Crippen molar-refractivity contribution in [2.45, 2.75) is 22.6 Å². The van der Waals surface area contributed by atoms with E-state index in [0.29, 0.717) is 5.92 Å². The van der Waals surface area contributed by atoms with Gasteiger partial charge in [-0.3, -0.25) is 0 Å². The zero-order valence-electron chi connectivity index (χ0n) is 15.7. The van der Waals surface area contributed by atoms with Crippen molar-refractivity contribution < 1.29 is 0 Å². The molecule has 2 aliphatic rings. The van der Waals surface area contributed by atoms with Crippen LogP contribution in [-0.2, 0) is 0 Å². The Hall–Kier alpha value is -2.16. The van der Waals surface area contributed by atoms with Crippen LogP contribution in [0.15, 0.2) is 82.6 Å². The van der Waals surface area contributed by atoms with Gasteiger partial charge in [-0.2, -0.15) is 0 Å². The van der Waals surface area contributed by atoms with Crippen molar-refractivity contribution in [2.75, 3.05) is 11.5 Å². The highest BCUT2D eigenvalue weighted by molar-refractivity contribution is 8.05. The van der Waals surface area contributed by atoms with Crippen molar-refractivity contribution in [2.24, 2.45) is 0 Å². The largest absolute Gasteiger partial charge is 0.123 e. The fraction of sp³-hybridized carbons (Fsp3) is 0.154. The summed E-state index contributed by atoms with van der Waals surface area (Å²) in [7, 11) is 0. The molecule has 0 amide bonds. The van der Waals surface area contributed by atoms with Crippen LogP contribution in [-0.4, -0.2) is 11.5 Å². The Balaban J connectivity index is 1.80. The Kier molecular flexibility index (Phi) is 3.85. The van der Waals surface area contributed by atoms with Crippen molar-refractivity contribution in [3.63, 3.8) is 0 Å². The molecule has 0 saturated heterocycles. The summed E-state index contributed by atoms with van der Waals surface area (Å²) in [5.41, 5.74) is 8.63. The molecule has 1 unspecified atom stereocenters. The highest BCUT2D eigenvalue weighted by atomic mass is 32.2. The highest BCUT2D eigenvalue weighted by Crippen LogP contribution is 2.57. The van der Waals surface area contributed by atoms with E-state index in [2.05, 4.69) is 91.5 Å². The van der Waals surface area contributed by atoms with Gasteiger partial charge in [0.25, 0.3) is 0 Å². The second-order valence-electron chi connectivity index (χ2n) is 7.62. The van der Waals surface area contributed by atoms with Gasteiger partial charge in [0, 0.05) is 32.8 Å². The zero-order valence-corrected chi connectivity index (χ0v) is 17.4. The first kappa shape index (κ1) is 16.8.